The standard InChI is InChI=1S/2C8H16O2.Zn/c2*1-2-3-4-5-6-7-8(9)10;/h2*2-7H2,1H3,(H,9,10);/q;;+2/p-2. The zero-order valence-electron chi connectivity index (χ0n) is 13.8. The molecule has 0 aliphatic carbocycles. The van der Waals surface area contributed by atoms with Gasteiger partial charge in [-0.05, 0) is 25.7 Å². The van der Waals surface area contributed by atoms with Gasteiger partial charge in [-0.3, -0.25) is 0 Å². The Morgan fingerprint density at radius 3 is 1.14 bits per heavy atom. The van der Waals surface area contributed by atoms with Crippen LogP contribution in [0.25, 0.3) is 0 Å². The van der Waals surface area contributed by atoms with Gasteiger partial charge in [-0.1, -0.05) is 65.2 Å². The van der Waals surface area contributed by atoms with Crippen LogP contribution in [-0.4, -0.2) is 11.9 Å². The van der Waals surface area contributed by atoms with Crippen LogP contribution < -0.4 is 10.2 Å². The SMILES string of the molecule is CCCCCCCC(=O)[O-].CCCCCCCC(=O)[O-].[Zn+2]. The molecule has 0 saturated carbocycles. The zero-order valence-corrected chi connectivity index (χ0v) is 16.8. The van der Waals surface area contributed by atoms with E-state index in [0.29, 0.717) is 0 Å². The second kappa shape index (κ2) is 21.9. The minimum atomic E-state index is -0.920. The van der Waals surface area contributed by atoms with E-state index in [-0.39, 0.29) is 32.3 Å². The number of hydrogen-bond acceptors (Lipinski definition) is 4. The van der Waals surface area contributed by atoms with Gasteiger partial charge in [-0.2, -0.15) is 0 Å². The second-order valence-electron chi connectivity index (χ2n) is 5.07. The Labute approximate surface area is 142 Å². The molecule has 21 heavy (non-hydrogen) atoms. The predicted octanol–water partition coefficient (Wildman–Crippen LogP) is 2.19. The van der Waals surface area contributed by atoms with E-state index in [4.69, 9.17) is 0 Å². The molecule has 0 aromatic heterocycles. The first-order chi connectivity index (χ1) is 9.54. The molecule has 0 unspecified atom stereocenters. The third-order valence-corrected chi connectivity index (χ3v) is 2.97. The van der Waals surface area contributed by atoms with Gasteiger partial charge >= 0.3 is 19.5 Å². The fourth-order valence-corrected chi connectivity index (χ4v) is 1.75. The molecule has 0 bridgehead atoms. The van der Waals surface area contributed by atoms with E-state index in [1.54, 1.807) is 0 Å². The average molecular weight is 352 g/mol. The summed E-state index contributed by atoms with van der Waals surface area (Å²) in [4.78, 5) is 19.8. The van der Waals surface area contributed by atoms with Crippen molar-refractivity contribution in [3.63, 3.8) is 0 Å². The number of unbranched alkanes of at least 4 members (excludes halogenated alkanes) is 8. The van der Waals surface area contributed by atoms with Gasteiger partial charge in [0.05, 0.1) is 0 Å². The van der Waals surface area contributed by atoms with Crippen LogP contribution in [0.2, 0.25) is 0 Å². The summed E-state index contributed by atoms with van der Waals surface area (Å²) < 4.78 is 0. The Balaban J connectivity index is -0.000000295. The zero-order chi connectivity index (χ0) is 15.6. The number of carbonyl (C=O) groups is 2. The smallest absolute Gasteiger partial charge is 0.550 e. The minimum Gasteiger partial charge on any atom is -0.550 e. The molecule has 0 fully saturated rings. The molecule has 0 aliphatic rings. The summed E-state index contributed by atoms with van der Waals surface area (Å²) in [5, 5.41) is 19.8. The maximum absolute atomic E-state index is 9.92. The third kappa shape index (κ3) is 32.8. The predicted molar refractivity (Wildman–Crippen MR) is 76.8 cm³/mol. The first kappa shape index (κ1) is 25.5. The number of hydrogen-bond donors (Lipinski definition) is 0. The van der Waals surface area contributed by atoms with E-state index in [2.05, 4.69) is 13.8 Å². The normalized spacial score (nSPS) is 9.24. The van der Waals surface area contributed by atoms with Gasteiger partial charge in [0, 0.05) is 11.9 Å². The van der Waals surface area contributed by atoms with Crippen molar-refractivity contribution in [2.45, 2.75) is 90.9 Å². The molecule has 0 aromatic rings. The molecule has 5 heteroatoms. The van der Waals surface area contributed by atoms with Crippen LogP contribution in [0.4, 0.5) is 0 Å². The number of carboxylic acid groups (broad SMARTS) is 2. The summed E-state index contributed by atoms with van der Waals surface area (Å²) in [6, 6.07) is 0. The molecule has 0 amide bonds. The molecule has 0 radical (unpaired) electrons. The van der Waals surface area contributed by atoms with E-state index >= 15 is 0 Å². The molecule has 0 atom stereocenters. The molecular weight excluding hydrogens is 322 g/mol. The molecule has 4 nitrogen and oxygen atoms in total. The largest absolute Gasteiger partial charge is 2.00 e. The molecule has 120 valence electrons. The fraction of sp³-hybridized carbons (Fsp3) is 0.875. The molecule has 0 aromatic carbocycles. The fourth-order valence-electron chi connectivity index (χ4n) is 1.75. The Bertz CT molecular complexity index is 208. The van der Waals surface area contributed by atoms with Crippen LogP contribution in [0, 0.1) is 0 Å². The summed E-state index contributed by atoms with van der Waals surface area (Å²) >= 11 is 0. The van der Waals surface area contributed by atoms with E-state index < -0.39 is 11.9 Å². The van der Waals surface area contributed by atoms with Crippen molar-refractivity contribution in [3.05, 3.63) is 0 Å². The van der Waals surface area contributed by atoms with Crippen molar-refractivity contribution in [3.8, 4) is 0 Å². The molecule has 0 rings (SSSR count). The second-order valence-corrected chi connectivity index (χ2v) is 5.07. The van der Waals surface area contributed by atoms with Crippen LogP contribution in [0.15, 0.2) is 0 Å². The maximum atomic E-state index is 9.92. The van der Waals surface area contributed by atoms with Crippen molar-refractivity contribution < 1.29 is 39.3 Å². The summed E-state index contributed by atoms with van der Waals surface area (Å²) in [5.74, 6) is -1.84. The Morgan fingerprint density at radius 2 is 0.905 bits per heavy atom. The van der Waals surface area contributed by atoms with E-state index in [1.165, 1.54) is 25.7 Å². The van der Waals surface area contributed by atoms with Crippen LogP contribution in [-0.2, 0) is 29.1 Å². The maximum Gasteiger partial charge on any atom is 2.00 e. The van der Waals surface area contributed by atoms with Crippen molar-refractivity contribution in [2.24, 2.45) is 0 Å². The number of rotatable bonds is 12. The van der Waals surface area contributed by atoms with Crippen molar-refractivity contribution in [2.75, 3.05) is 0 Å². The Morgan fingerprint density at radius 1 is 0.619 bits per heavy atom. The molecule has 0 N–H and O–H groups in total. The van der Waals surface area contributed by atoms with Crippen LogP contribution in [0.5, 0.6) is 0 Å². The topological polar surface area (TPSA) is 80.3 Å². The van der Waals surface area contributed by atoms with Gasteiger partial charge in [0.25, 0.3) is 0 Å². The average Bonchev–Trinajstić information content (AvgIpc) is 2.38. The molecule has 0 spiro atoms. The van der Waals surface area contributed by atoms with Gasteiger partial charge in [0.2, 0.25) is 0 Å². The van der Waals surface area contributed by atoms with Crippen LogP contribution in [0.3, 0.4) is 0 Å². The van der Waals surface area contributed by atoms with E-state index in [1.807, 2.05) is 0 Å². The van der Waals surface area contributed by atoms with Gasteiger partial charge in [0.1, 0.15) is 0 Å². The molecular formula is C16H30O4Zn. The van der Waals surface area contributed by atoms with Crippen LogP contribution in [0.1, 0.15) is 90.9 Å². The Kier molecular flexibility index (Phi) is 26.6. The summed E-state index contributed by atoms with van der Waals surface area (Å²) in [6.07, 6.45) is 11.2. The minimum absolute atomic E-state index is 0. The van der Waals surface area contributed by atoms with Crippen molar-refractivity contribution >= 4 is 11.9 Å². The third-order valence-electron chi connectivity index (χ3n) is 2.97. The van der Waals surface area contributed by atoms with Gasteiger partial charge in [0.15, 0.2) is 0 Å². The van der Waals surface area contributed by atoms with Gasteiger partial charge < -0.3 is 19.8 Å². The van der Waals surface area contributed by atoms with E-state index in [9.17, 15) is 19.8 Å². The molecule has 0 saturated heterocycles. The quantitative estimate of drug-likeness (QED) is 0.399. The van der Waals surface area contributed by atoms with Crippen LogP contribution >= 0.6 is 0 Å². The van der Waals surface area contributed by atoms with Crippen molar-refractivity contribution in [1.29, 1.82) is 0 Å². The summed E-state index contributed by atoms with van der Waals surface area (Å²) in [5.41, 5.74) is 0. The van der Waals surface area contributed by atoms with Crippen molar-refractivity contribution in [1.82, 2.24) is 0 Å². The molecule has 0 aliphatic heterocycles. The van der Waals surface area contributed by atoms with E-state index in [0.717, 1.165) is 38.5 Å². The number of carbonyl (C=O) groups excluding carboxylic acids is 2. The monoisotopic (exact) mass is 350 g/mol. The number of aliphatic carboxylic acids is 2. The Hall–Kier alpha value is -0.437. The van der Waals surface area contributed by atoms with Gasteiger partial charge in [-0.15, -0.1) is 0 Å². The number of carboxylic acids is 2. The summed E-state index contributed by atoms with van der Waals surface area (Å²) in [7, 11) is 0. The van der Waals surface area contributed by atoms with Gasteiger partial charge in [-0.25, -0.2) is 0 Å². The first-order valence-corrected chi connectivity index (χ1v) is 7.94. The first-order valence-electron chi connectivity index (χ1n) is 7.94. The summed E-state index contributed by atoms with van der Waals surface area (Å²) in [6.45, 7) is 4.28. The molecule has 0 heterocycles.